The first-order valence-corrected chi connectivity index (χ1v) is 4.59. The van der Waals surface area contributed by atoms with Gasteiger partial charge in [-0.15, -0.1) is 0 Å². The van der Waals surface area contributed by atoms with E-state index in [1.165, 1.54) is 0 Å². The Balaban J connectivity index is 2.62. The van der Waals surface area contributed by atoms with Gasteiger partial charge in [0, 0.05) is 21.3 Å². The molecule has 0 aliphatic carbocycles. The Bertz CT molecular complexity index is 163. The SMILES string of the molecule is COC[C@H]1O[C@@H](CO)[C@@H](OC)[C@@H]1OC. The smallest absolute Gasteiger partial charge is 0.114 e. The van der Waals surface area contributed by atoms with E-state index in [0.717, 1.165) is 0 Å². The van der Waals surface area contributed by atoms with Crippen LogP contribution in [0, 0.1) is 0 Å². The van der Waals surface area contributed by atoms with E-state index in [1.54, 1.807) is 21.3 Å². The first-order valence-electron chi connectivity index (χ1n) is 4.59. The summed E-state index contributed by atoms with van der Waals surface area (Å²) in [4.78, 5) is 0. The highest BCUT2D eigenvalue weighted by Gasteiger charge is 2.44. The zero-order valence-corrected chi connectivity index (χ0v) is 8.80. The third-order valence-electron chi connectivity index (χ3n) is 2.46. The molecule has 84 valence electrons. The fourth-order valence-electron chi connectivity index (χ4n) is 1.82. The van der Waals surface area contributed by atoms with Crippen LogP contribution in [0.2, 0.25) is 0 Å². The van der Waals surface area contributed by atoms with Crippen molar-refractivity contribution in [2.45, 2.75) is 24.4 Å². The lowest BCUT2D eigenvalue weighted by atomic mass is 10.1. The minimum absolute atomic E-state index is 0.0709. The van der Waals surface area contributed by atoms with Crippen LogP contribution >= 0.6 is 0 Å². The van der Waals surface area contributed by atoms with Gasteiger partial charge in [0.15, 0.2) is 0 Å². The average Bonchev–Trinajstić information content (AvgIpc) is 2.55. The molecule has 1 saturated heterocycles. The predicted molar refractivity (Wildman–Crippen MR) is 49.2 cm³/mol. The second kappa shape index (κ2) is 5.63. The van der Waals surface area contributed by atoms with Crippen molar-refractivity contribution in [3.05, 3.63) is 0 Å². The monoisotopic (exact) mass is 206 g/mol. The van der Waals surface area contributed by atoms with E-state index in [9.17, 15) is 0 Å². The molecule has 0 aromatic carbocycles. The van der Waals surface area contributed by atoms with Crippen LogP contribution in [0.15, 0.2) is 0 Å². The Labute approximate surface area is 83.9 Å². The molecule has 5 heteroatoms. The van der Waals surface area contributed by atoms with E-state index < -0.39 is 0 Å². The van der Waals surface area contributed by atoms with Crippen LogP contribution in [-0.2, 0) is 18.9 Å². The highest BCUT2D eigenvalue weighted by molar-refractivity contribution is 4.92. The van der Waals surface area contributed by atoms with E-state index in [2.05, 4.69) is 0 Å². The van der Waals surface area contributed by atoms with E-state index in [1.807, 2.05) is 0 Å². The molecule has 4 atom stereocenters. The van der Waals surface area contributed by atoms with Crippen LogP contribution < -0.4 is 0 Å². The minimum atomic E-state index is -0.329. The second-order valence-electron chi connectivity index (χ2n) is 3.25. The van der Waals surface area contributed by atoms with Gasteiger partial charge in [0.2, 0.25) is 0 Å². The number of hydrogen-bond donors (Lipinski definition) is 1. The first kappa shape index (κ1) is 11.9. The molecule has 0 aromatic heterocycles. The van der Waals surface area contributed by atoms with Crippen molar-refractivity contribution in [2.24, 2.45) is 0 Å². The third kappa shape index (κ3) is 2.24. The molecular formula is C9H18O5. The molecule has 1 aliphatic rings. The molecule has 1 N–H and O–H groups in total. The molecule has 0 spiro atoms. The van der Waals surface area contributed by atoms with Crippen LogP contribution in [0.4, 0.5) is 0 Å². The molecule has 1 heterocycles. The standard InChI is InChI=1S/C9H18O5/c1-11-5-7-9(13-3)8(12-2)6(4-10)14-7/h6-10H,4-5H2,1-3H3/t6-,7+,8+,9+/m0/s1. The molecule has 5 nitrogen and oxygen atoms in total. The molecule has 0 amide bonds. The van der Waals surface area contributed by atoms with Crippen LogP contribution in [0.5, 0.6) is 0 Å². The summed E-state index contributed by atoms with van der Waals surface area (Å²) in [5, 5.41) is 9.07. The van der Waals surface area contributed by atoms with E-state index in [4.69, 9.17) is 24.1 Å². The highest BCUT2D eigenvalue weighted by Crippen LogP contribution is 2.25. The van der Waals surface area contributed by atoms with Crippen molar-refractivity contribution in [2.75, 3.05) is 34.5 Å². The molecule has 14 heavy (non-hydrogen) atoms. The molecule has 1 rings (SSSR count). The maximum atomic E-state index is 9.07. The predicted octanol–water partition coefficient (Wildman–Crippen LogP) is -0.577. The van der Waals surface area contributed by atoms with E-state index in [-0.39, 0.29) is 31.0 Å². The molecule has 0 unspecified atom stereocenters. The molecule has 1 aliphatic heterocycles. The molecule has 0 aromatic rings. The Hall–Kier alpha value is -0.200. The van der Waals surface area contributed by atoms with E-state index in [0.29, 0.717) is 6.61 Å². The van der Waals surface area contributed by atoms with Crippen LogP contribution in [0.25, 0.3) is 0 Å². The number of ether oxygens (including phenoxy) is 4. The summed E-state index contributed by atoms with van der Waals surface area (Å²) in [5.41, 5.74) is 0. The van der Waals surface area contributed by atoms with Crippen molar-refractivity contribution in [3.63, 3.8) is 0 Å². The first-order chi connectivity index (χ1) is 6.78. The van der Waals surface area contributed by atoms with Crippen molar-refractivity contribution in [1.29, 1.82) is 0 Å². The normalized spacial score (nSPS) is 37.7. The van der Waals surface area contributed by atoms with Gasteiger partial charge in [-0.3, -0.25) is 0 Å². The van der Waals surface area contributed by atoms with Crippen molar-refractivity contribution in [1.82, 2.24) is 0 Å². The topological polar surface area (TPSA) is 57.2 Å². The van der Waals surface area contributed by atoms with Crippen LogP contribution in [0.1, 0.15) is 0 Å². The summed E-state index contributed by atoms with van der Waals surface area (Å²) in [6.45, 7) is 0.368. The van der Waals surface area contributed by atoms with Gasteiger partial charge in [-0.2, -0.15) is 0 Å². The molecule has 0 saturated carbocycles. The lowest BCUT2D eigenvalue weighted by Crippen LogP contribution is -2.38. The number of aliphatic hydroxyl groups is 1. The Morgan fingerprint density at radius 3 is 2.07 bits per heavy atom. The van der Waals surface area contributed by atoms with Crippen molar-refractivity contribution < 1.29 is 24.1 Å². The zero-order valence-electron chi connectivity index (χ0n) is 8.80. The lowest BCUT2D eigenvalue weighted by Gasteiger charge is -2.20. The van der Waals surface area contributed by atoms with Crippen LogP contribution in [0.3, 0.4) is 0 Å². The van der Waals surface area contributed by atoms with Gasteiger partial charge in [-0.25, -0.2) is 0 Å². The molecular weight excluding hydrogens is 188 g/mol. The summed E-state index contributed by atoms with van der Waals surface area (Å²) in [6.07, 6.45) is -0.917. The minimum Gasteiger partial charge on any atom is -0.394 e. The second-order valence-corrected chi connectivity index (χ2v) is 3.25. The number of rotatable bonds is 5. The summed E-state index contributed by atoms with van der Waals surface area (Å²) in [6, 6.07) is 0. The fraction of sp³-hybridized carbons (Fsp3) is 1.00. The summed E-state index contributed by atoms with van der Waals surface area (Å²) < 4.78 is 21.0. The largest absolute Gasteiger partial charge is 0.394 e. The van der Waals surface area contributed by atoms with Gasteiger partial charge in [0.05, 0.1) is 13.2 Å². The number of methoxy groups -OCH3 is 3. The quantitative estimate of drug-likeness (QED) is 0.652. The lowest BCUT2D eigenvalue weighted by molar-refractivity contribution is -0.0533. The van der Waals surface area contributed by atoms with Gasteiger partial charge >= 0.3 is 0 Å². The molecule has 0 bridgehead atoms. The summed E-state index contributed by atoms with van der Waals surface area (Å²) in [5.74, 6) is 0. The maximum Gasteiger partial charge on any atom is 0.114 e. The van der Waals surface area contributed by atoms with Crippen molar-refractivity contribution >= 4 is 0 Å². The summed E-state index contributed by atoms with van der Waals surface area (Å²) in [7, 11) is 4.78. The molecule has 1 fully saturated rings. The number of aliphatic hydroxyl groups excluding tert-OH is 1. The van der Waals surface area contributed by atoms with Crippen molar-refractivity contribution in [3.8, 4) is 0 Å². The third-order valence-corrected chi connectivity index (χ3v) is 2.46. The Kier molecular flexibility index (Phi) is 4.77. The van der Waals surface area contributed by atoms with Gasteiger partial charge in [0.1, 0.15) is 24.4 Å². The highest BCUT2D eigenvalue weighted by atomic mass is 16.6. The van der Waals surface area contributed by atoms with Gasteiger partial charge in [-0.1, -0.05) is 0 Å². The average molecular weight is 206 g/mol. The van der Waals surface area contributed by atoms with Gasteiger partial charge in [-0.05, 0) is 0 Å². The van der Waals surface area contributed by atoms with E-state index >= 15 is 0 Å². The fourth-order valence-corrected chi connectivity index (χ4v) is 1.82. The van der Waals surface area contributed by atoms with Gasteiger partial charge in [0.25, 0.3) is 0 Å². The maximum absolute atomic E-state index is 9.07. The number of hydrogen-bond acceptors (Lipinski definition) is 5. The Morgan fingerprint density at radius 1 is 1.07 bits per heavy atom. The Morgan fingerprint density at radius 2 is 1.64 bits per heavy atom. The van der Waals surface area contributed by atoms with Crippen LogP contribution in [-0.4, -0.2) is 64.1 Å². The zero-order chi connectivity index (χ0) is 10.6. The van der Waals surface area contributed by atoms with Gasteiger partial charge < -0.3 is 24.1 Å². The molecule has 0 radical (unpaired) electrons. The summed E-state index contributed by atoms with van der Waals surface area (Å²) >= 11 is 0.